The largest absolute Gasteiger partial charge is 0.314 e. The summed E-state index contributed by atoms with van der Waals surface area (Å²) in [4.78, 5) is 10.2. The molecule has 0 bridgehead atoms. The second kappa shape index (κ2) is 3.52. The maximum Gasteiger partial charge on any atom is 0.145 e. The summed E-state index contributed by atoms with van der Waals surface area (Å²) >= 11 is 0. The minimum atomic E-state index is 0.512. The van der Waals surface area contributed by atoms with Crippen LogP contribution in [-0.4, -0.2) is 18.9 Å². The number of nitrogens with one attached hydrogen (secondary N) is 1. The van der Waals surface area contributed by atoms with E-state index in [1.807, 2.05) is 0 Å². The molecular formula is C8H13NO. The molecule has 0 amide bonds. The van der Waals surface area contributed by atoms with Crippen LogP contribution < -0.4 is 5.32 Å². The topological polar surface area (TPSA) is 29.1 Å². The van der Waals surface area contributed by atoms with E-state index in [1.54, 1.807) is 0 Å². The molecule has 1 fully saturated rings. The fourth-order valence-electron chi connectivity index (χ4n) is 1.30. The molecule has 1 heterocycles. The van der Waals surface area contributed by atoms with Gasteiger partial charge >= 0.3 is 0 Å². The molecule has 1 atom stereocenters. The summed E-state index contributed by atoms with van der Waals surface area (Å²) in [6, 6.07) is 0.512. The van der Waals surface area contributed by atoms with Crippen molar-refractivity contribution in [3.05, 3.63) is 12.2 Å². The predicted molar refractivity (Wildman–Crippen MR) is 40.8 cm³/mol. The third kappa shape index (κ3) is 1.95. The molecule has 1 N–H and O–H groups in total. The zero-order chi connectivity index (χ0) is 7.40. The zero-order valence-corrected chi connectivity index (χ0v) is 6.10. The van der Waals surface area contributed by atoms with Crippen molar-refractivity contribution in [3.63, 3.8) is 0 Å². The maximum absolute atomic E-state index is 10.2. The molecule has 1 aliphatic heterocycles. The van der Waals surface area contributed by atoms with Crippen molar-refractivity contribution in [3.8, 4) is 0 Å². The number of rotatable bonds is 3. The standard InChI is InChI=1S/C8H13NO/c1-7(6-10)5-8-3-2-4-9-8/h6,8-9H,1-5H2. The van der Waals surface area contributed by atoms with Crippen LogP contribution in [-0.2, 0) is 4.79 Å². The van der Waals surface area contributed by atoms with Gasteiger partial charge < -0.3 is 5.32 Å². The Labute approximate surface area is 61.3 Å². The highest BCUT2D eigenvalue weighted by molar-refractivity contribution is 5.72. The Hall–Kier alpha value is -0.630. The van der Waals surface area contributed by atoms with Crippen LogP contribution >= 0.6 is 0 Å². The zero-order valence-electron chi connectivity index (χ0n) is 6.10. The van der Waals surface area contributed by atoms with E-state index in [0.29, 0.717) is 11.6 Å². The highest BCUT2D eigenvalue weighted by Gasteiger charge is 2.13. The van der Waals surface area contributed by atoms with Crippen molar-refractivity contribution in [2.24, 2.45) is 0 Å². The minimum absolute atomic E-state index is 0.512. The van der Waals surface area contributed by atoms with E-state index in [0.717, 1.165) is 19.3 Å². The van der Waals surface area contributed by atoms with Crippen molar-refractivity contribution >= 4 is 6.29 Å². The van der Waals surface area contributed by atoms with E-state index in [4.69, 9.17) is 0 Å². The van der Waals surface area contributed by atoms with Crippen LogP contribution in [0.2, 0.25) is 0 Å². The van der Waals surface area contributed by atoms with Gasteiger partial charge in [0.25, 0.3) is 0 Å². The van der Waals surface area contributed by atoms with E-state index in [2.05, 4.69) is 11.9 Å². The van der Waals surface area contributed by atoms with Gasteiger partial charge in [0.15, 0.2) is 0 Å². The molecule has 0 aromatic heterocycles. The molecule has 1 rings (SSSR count). The number of carbonyl (C=O) groups excluding carboxylic acids is 1. The van der Waals surface area contributed by atoms with Gasteiger partial charge in [-0.2, -0.15) is 0 Å². The molecule has 2 nitrogen and oxygen atoms in total. The number of aldehydes is 1. The van der Waals surface area contributed by atoms with E-state index >= 15 is 0 Å². The van der Waals surface area contributed by atoms with Crippen LogP contribution in [0.5, 0.6) is 0 Å². The predicted octanol–water partition coefficient (Wildman–Crippen LogP) is 0.884. The van der Waals surface area contributed by atoms with E-state index in [1.165, 1.54) is 12.8 Å². The highest BCUT2D eigenvalue weighted by atomic mass is 16.1. The smallest absolute Gasteiger partial charge is 0.145 e. The van der Waals surface area contributed by atoms with Gasteiger partial charge in [-0.25, -0.2) is 0 Å². The molecule has 1 saturated heterocycles. The molecule has 0 radical (unpaired) electrons. The van der Waals surface area contributed by atoms with Crippen LogP contribution in [0.25, 0.3) is 0 Å². The molecular weight excluding hydrogens is 126 g/mol. The highest BCUT2D eigenvalue weighted by Crippen LogP contribution is 2.11. The number of hydrogen-bond donors (Lipinski definition) is 1. The summed E-state index contributed by atoms with van der Waals surface area (Å²) in [5, 5.41) is 3.30. The van der Waals surface area contributed by atoms with Gasteiger partial charge in [-0.3, -0.25) is 4.79 Å². The van der Waals surface area contributed by atoms with E-state index in [9.17, 15) is 4.79 Å². The minimum Gasteiger partial charge on any atom is -0.314 e. The lowest BCUT2D eigenvalue weighted by atomic mass is 10.1. The van der Waals surface area contributed by atoms with Gasteiger partial charge in [-0.05, 0) is 31.4 Å². The molecule has 10 heavy (non-hydrogen) atoms. The Bertz CT molecular complexity index is 136. The Morgan fingerprint density at radius 2 is 2.60 bits per heavy atom. The summed E-state index contributed by atoms with van der Waals surface area (Å²) in [5.41, 5.74) is 0.708. The van der Waals surface area contributed by atoms with Gasteiger partial charge in [0.2, 0.25) is 0 Å². The fourth-order valence-corrected chi connectivity index (χ4v) is 1.30. The lowest BCUT2D eigenvalue weighted by Gasteiger charge is -2.07. The maximum atomic E-state index is 10.2. The van der Waals surface area contributed by atoms with Gasteiger partial charge in [-0.1, -0.05) is 6.58 Å². The average molecular weight is 139 g/mol. The van der Waals surface area contributed by atoms with Crippen molar-refractivity contribution in [1.82, 2.24) is 5.32 Å². The molecule has 0 aliphatic carbocycles. The molecule has 1 unspecified atom stereocenters. The molecule has 2 heteroatoms. The third-order valence-corrected chi connectivity index (χ3v) is 1.84. The van der Waals surface area contributed by atoms with E-state index < -0.39 is 0 Å². The molecule has 0 aromatic rings. The summed E-state index contributed by atoms with van der Waals surface area (Å²) in [5.74, 6) is 0. The molecule has 0 aromatic carbocycles. The van der Waals surface area contributed by atoms with Crippen molar-refractivity contribution in [2.45, 2.75) is 25.3 Å². The molecule has 0 saturated carbocycles. The second-order valence-electron chi connectivity index (χ2n) is 2.77. The summed E-state index contributed by atoms with van der Waals surface area (Å²) in [6.45, 7) is 4.72. The van der Waals surface area contributed by atoms with Gasteiger partial charge in [0, 0.05) is 6.04 Å². The molecule has 56 valence electrons. The first-order valence-electron chi connectivity index (χ1n) is 3.69. The van der Waals surface area contributed by atoms with Crippen LogP contribution in [0.3, 0.4) is 0 Å². The average Bonchev–Trinajstić information content (AvgIpc) is 2.40. The lowest BCUT2D eigenvalue weighted by Crippen LogP contribution is -2.21. The third-order valence-electron chi connectivity index (χ3n) is 1.84. The summed E-state index contributed by atoms with van der Waals surface area (Å²) < 4.78 is 0. The molecule has 0 spiro atoms. The van der Waals surface area contributed by atoms with Crippen molar-refractivity contribution in [1.29, 1.82) is 0 Å². The van der Waals surface area contributed by atoms with Crippen LogP contribution in [0.4, 0.5) is 0 Å². The van der Waals surface area contributed by atoms with Crippen molar-refractivity contribution < 1.29 is 4.79 Å². The lowest BCUT2D eigenvalue weighted by molar-refractivity contribution is -0.105. The number of hydrogen-bond acceptors (Lipinski definition) is 2. The SMILES string of the molecule is C=C(C=O)CC1CCCN1. The Morgan fingerprint density at radius 1 is 1.80 bits per heavy atom. The first kappa shape index (κ1) is 7.48. The fraction of sp³-hybridized carbons (Fsp3) is 0.625. The summed E-state index contributed by atoms with van der Waals surface area (Å²) in [6.07, 6.45) is 4.09. The van der Waals surface area contributed by atoms with E-state index in [-0.39, 0.29) is 0 Å². The van der Waals surface area contributed by atoms with Crippen LogP contribution in [0.15, 0.2) is 12.2 Å². The van der Waals surface area contributed by atoms with Crippen LogP contribution in [0.1, 0.15) is 19.3 Å². The van der Waals surface area contributed by atoms with Crippen molar-refractivity contribution in [2.75, 3.05) is 6.54 Å². The Balaban J connectivity index is 2.23. The normalized spacial score (nSPS) is 24.6. The van der Waals surface area contributed by atoms with Gasteiger partial charge in [-0.15, -0.1) is 0 Å². The monoisotopic (exact) mass is 139 g/mol. The second-order valence-corrected chi connectivity index (χ2v) is 2.77. The summed E-state index contributed by atoms with van der Waals surface area (Å²) in [7, 11) is 0. The van der Waals surface area contributed by atoms with Gasteiger partial charge in [0.05, 0.1) is 0 Å². The first-order chi connectivity index (χ1) is 4.83. The Kier molecular flexibility index (Phi) is 2.63. The molecule has 1 aliphatic rings. The van der Waals surface area contributed by atoms with Crippen LogP contribution in [0, 0.1) is 0 Å². The Morgan fingerprint density at radius 3 is 3.10 bits per heavy atom. The number of carbonyl (C=O) groups is 1. The quantitative estimate of drug-likeness (QED) is 0.464. The first-order valence-corrected chi connectivity index (χ1v) is 3.69. The van der Waals surface area contributed by atoms with Gasteiger partial charge in [0.1, 0.15) is 6.29 Å².